The van der Waals surface area contributed by atoms with Crippen molar-refractivity contribution in [3.8, 4) is 17.2 Å². The Bertz CT molecular complexity index is 1190. The topological polar surface area (TPSA) is 120 Å². The molecule has 166 valence electrons. The summed E-state index contributed by atoms with van der Waals surface area (Å²) >= 11 is 0. The summed E-state index contributed by atoms with van der Waals surface area (Å²) in [4.78, 5) is 9.58. The first-order valence-corrected chi connectivity index (χ1v) is 10.8. The number of hydrogen-bond acceptors (Lipinski definition) is 9. The third-order valence-electron chi connectivity index (χ3n) is 6.22. The number of nitrogens with one attached hydrogen (secondary N) is 3. The van der Waals surface area contributed by atoms with Crippen LogP contribution in [0, 0.1) is 5.92 Å². The number of nitrogens with two attached hydrogens (primary N) is 1. The van der Waals surface area contributed by atoms with Crippen molar-refractivity contribution in [1.82, 2.24) is 20.4 Å². The fraction of sp³-hybridized carbons (Fsp3) is 0.364. The highest BCUT2D eigenvalue weighted by Gasteiger charge is 2.39. The molecule has 3 atom stereocenters. The molecule has 4 heterocycles. The fourth-order valence-corrected chi connectivity index (χ4v) is 4.67. The van der Waals surface area contributed by atoms with Crippen LogP contribution in [0.1, 0.15) is 24.2 Å². The Morgan fingerprint density at radius 1 is 1.12 bits per heavy atom. The molecule has 1 aromatic heterocycles. The summed E-state index contributed by atoms with van der Waals surface area (Å²) < 4.78 is 19.2. The minimum Gasteiger partial charge on any atom is -0.497 e. The Morgan fingerprint density at radius 3 is 2.69 bits per heavy atom. The van der Waals surface area contributed by atoms with E-state index in [0.29, 0.717) is 25.1 Å². The minimum atomic E-state index is -0.254. The van der Waals surface area contributed by atoms with Gasteiger partial charge in [0.25, 0.3) is 0 Å². The number of benzene rings is 2. The molecule has 0 amide bonds. The number of rotatable bonds is 3. The molecule has 0 aliphatic carbocycles. The maximum Gasteiger partial charge on any atom is 0.212 e. The summed E-state index contributed by atoms with van der Waals surface area (Å²) in [5.74, 6) is 3.39. The second-order valence-corrected chi connectivity index (χ2v) is 8.14. The standard InChI is InChI=1S/C22H25N7O3/c1-30-13-5-3-12(4-6-13)19-14(11-24-28-19)20-26-21(23)27-22-25-15-9-17-18(10-16(15)29(20)22)32-8-2-7-31-17/h3-6,9-10,14,19-20,24,28H,2,7-8,11H2,1H3,(H3,23,25,26,27). The number of ether oxygens (including phenoxy) is 3. The van der Waals surface area contributed by atoms with Crippen LogP contribution in [0.25, 0.3) is 11.0 Å². The maximum atomic E-state index is 6.17. The number of anilines is 1. The molecular weight excluding hydrogens is 410 g/mol. The smallest absolute Gasteiger partial charge is 0.212 e. The van der Waals surface area contributed by atoms with Crippen molar-refractivity contribution in [2.75, 3.05) is 32.2 Å². The van der Waals surface area contributed by atoms with E-state index >= 15 is 0 Å². The zero-order chi connectivity index (χ0) is 21.7. The van der Waals surface area contributed by atoms with Gasteiger partial charge in [0, 0.05) is 31.0 Å². The van der Waals surface area contributed by atoms with Crippen LogP contribution in [-0.4, -0.2) is 42.4 Å². The molecule has 0 radical (unpaired) electrons. The van der Waals surface area contributed by atoms with Gasteiger partial charge in [-0.2, -0.15) is 0 Å². The molecule has 3 aliphatic rings. The molecule has 3 aliphatic heterocycles. The van der Waals surface area contributed by atoms with Crippen molar-refractivity contribution in [3.05, 3.63) is 42.0 Å². The number of hydrazine groups is 1. The minimum absolute atomic E-state index is 0.0336. The Kier molecular flexibility index (Phi) is 4.54. The van der Waals surface area contributed by atoms with E-state index in [0.717, 1.165) is 46.8 Å². The van der Waals surface area contributed by atoms with Gasteiger partial charge in [-0.3, -0.25) is 15.3 Å². The summed E-state index contributed by atoms with van der Waals surface area (Å²) in [7, 11) is 1.67. The predicted octanol–water partition coefficient (Wildman–Crippen LogP) is 1.91. The Balaban J connectivity index is 1.43. The van der Waals surface area contributed by atoms with Crippen LogP contribution in [0.15, 0.2) is 41.4 Å². The van der Waals surface area contributed by atoms with Gasteiger partial charge in [0.05, 0.1) is 37.4 Å². The third-order valence-corrected chi connectivity index (χ3v) is 6.22. The average Bonchev–Trinajstić information content (AvgIpc) is 3.35. The molecule has 0 spiro atoms. The number of methoxy groups -OCH3 is 1. The van der Waals surface area contributed by atoms with Crippen LogP contribution < -0.4 is 36.1 Å². The summed E-state index contributed by atoms with van der Waals surface area (Å²) in [6.45, 7) is 1.98. The highest BCUT2D eigenvalue weighted by Crippen LogP contribution is 2.42. The first-order valence-electron chi connectivity index (χ1n) is 10.8. The largest absolute Gasteiger partial charge is 0.497 e. The van der Waals surface area contributed by atoms with Crippen LogP contribution >= 0.6 is 0 Å². The lowest BCUT2D eigenvalue weighted by Crippen LogP contribution is -2.35. The lowest BCUT2D eigenvalue weighted by Gasteiger charge is -2.30. The zero-order valence-electron chi connectivity index (χ0n) is 17.7. The van der Waals surface area contributed by atoms with E-state index in [-0.39, 0.29) is 18.1 Å². The van der Waals surface area contributed by atoms with Gasteiger partial charge in [0.2, 0.25) is 5.95 Å². The Hall–Kier alpha value is -3.50. The molecule has 1 saturated heterocycles. The Morgan fingerprint density at radius 2 is 1.91 bits per heavy atom. The monoisotopic (exact) mass is 435 g/mol. The molecule has 10 nitrogen and oxygen atoms in total. The molecule has 0 bridgehead atoms. The molecule has 6 rings (SSSR count). The highest BCUT2D eigenvalue weighted by molar-refractivity contribution is 5.95. The van der Waals surface area contributed by atoms with Gasteiger partial charge in [-0.15, -0.1) is 0 Å². The number of imidazole rings is 1. The van der Waals surface area contributed by atoms with Gasteiger partial charge >= 0.3 is 0 Å². The number of aromatic nitrogens is 2. The van der Waals surface area contributed by atoms with Crippen LogP contribution in [0.4, 0.5) is 5.95 Å². The first kappa shape index (κ1) is 19.2. The Labute approximate surface area is 184 Å². The summed E-state index contributed by atoms with van der Waals surface area (Å²) in [5.41, 5.74) is 15.8. The van der Waals surface area contributed by atoms with Crippen LogP contribution in [-0.2, 0) is 0 Å². The van der Waals surface area contributed by atoms with Gasteiger partial charge < -0.3 is 19.9 Å². The van der Waals surface area contributed by atoms with E-state index in [9.17, 15) is 0 Å². The van der Waals surface area contributed by atoms with Crippen LogP contribution in [0.2, 0.25) is 0 Å². The number of fused-ring (bicyclic) bond motifs is 4. The first-order chi connectivity index (χ1) is 15.7. The fourth-order valence-electron chi connectivity index (χ4n) is 4.67. The molecule has 3 aromatic rings. The maximum absolute atomic E-state index is 6.17. The molecule has 5 N–H and O–H groups in total. The van der Waals surface area contributed by atoms with Crippen LogP contribution in [0.3, 0.4) is 0 Å². The second kappa shape index (κ2) is 7.57. The molecule has 3 unspecified atom stereocenters. The number of guanidine groups is 1. The summed E-state index contributed by atoms with van der Waals surface area (Å²) in [6.07, 6.45) is 0.599. The van der Waals surface area contributed by atoms with Crippen LogP contribution in [0.5, 0.6) is 17.2 Å². The number of nitrogens with zero attached hydrogens (tertiary/aromatic N) is 3. The normalized spacial score (nSPS) is 24.4. The zero-order valence-corrected chi connectivity index (χ0v) is 17.7. The highest BCUT2D eigenvalue weighted by atomic mass is 16.5. The van der Waals surface area contributed by atoms with E-state index in [1.165, 1.54) is 0 Å². The van der Waals surface area contributed by atoms with E-state index in [1.54, 1.807) is 7.11 Å². The lowest BCUT2D eigenvalue weighted by atomic mass is 9.92. The predicted molar refractivity (Wildman–Crippen MR) is 120 cm³/mol. The van der Waals surface area contributed by atoms with Crippen molar-refractivity contribution in [2.24, 2.45) is 16.6 Å². The van der Waals surface area contributed by atoms with Crippen molar-refractivity contribution >= 4 is 22.9 Å². The van der Waals surface area contributed by atoms with E-state index in [4.69, 9.17) is 29.9 Å². The molecule has 0 saturated carbocycles. The van der Waals surface area contributed by atoms with Crippen molar-refractivity contribution in [3.63, 3.8) is 0 Å². The van der Waals surface area contributed by atoms with Gasteiger partial charge in [-0.1, -0.05) is 12.1 Å². The van der Waals surface area contributed by atoms with Crippen molar-refractivity contribution < 1.29 is 14.2 Å². The molecule has 32 heavy (non-hydrogen) atoms. The molecule has 2 aromatic carbocycles. The van der Waals surface area contributed by atoms with Gasteiger partial charge in [0.15, 0.2) is 17.5 Å². The summed E-state index contributed by atoms with van der Waals surface area (Å²) in [5, 5.41) is 3.12. The van der Waals surface area contributed by atoms with Crippen molar-refractivity contribution in [1.29, 1.82) is 0 Å². The molecule has 1 fully saturated rings. The summed E-state index contributed by atoms with van der Waals surface area (Å²) in [6, 6.07) is 12.0. The van der Waals surface area contributed by atoms with E-state index < -0.39 is 0 Å². The third kappa shape index (κ3) is 3.10. The van der Waals surface area contributed by atoms with E-state index in [1.807, 2.05) is 24.3 Å². The van der Waals surface area contributed by atoms with Gasteiger partial charge in [0.1, 0.15) is 11.9 Å². The lowest BCUT2D eigenvalue weighted by molar-refractivity contribution is 0.297. The number of aliphatic imine (C=N–C) groups is 1. The molecular formula is C22H25N7O3. The van der Waals surface area contributed by atoms with Crippen molar-refractivity contribution in [2.45, 2.75) is 18.6 Å². The average molecular weight is 435 g/mol. The number of hydrogen-bond donors (Lipinski definition) is 4. The van der Waals surface area contributed by atoms with Gasteiger partial charge in [-0.25, -0.2) is 15.4 Å². The van der Waals surface area contributed by atoms with Gasteiger partial charge in [-0.05, 0) is 17.7 Å². The quantitative estimate of drug-likeness (QED) is 0.493. The van der Waals surface area contributed by atoms with E-state index in [2.05, 4.69) is 32.9 Å². The second-order valence-electron chi connectivity index (χ2n) is 8.14. The molecule has 10 heteroatoms. The SMILES string of the molecule is COc1ccc(C2NNCC2C2N=C(N)Nc3nc4cc5c(cc4n32)OCCCO5)cc1.